The molecule has 0 spiro atoms. The fraction of sp³-hybridized carbons (Fsp3) is 0.263. The average molecular weight is 422 g/mol. The number of nitrogens with zero attached hydrogens (tertiary/aromatic N) is 2. The summed E-state index contributed by atoms with van der Waals surface area (Å²) in [6.45, 7) is 0.261. The monoisotopic (exact) mass is 421 g/mol. The molecule has 0 atom stereocenters. The molecule has 9 heteroatoms. The highest BCUT2D eigenvalue weighted by Gasteiger charge is 2.14. The molecule has 0 aliphatic rings. The molecule has 1 N–H and O–H groups in total. The minimum absolute atomic E-state index is 0.0174. The summed E-state index contributed by atoms with van der Waals surface area (Å²) in [5.74, 6) is 0.838. The van der Waals surface area contributed by atoms with Crippen LogP contribution in [0.1, 0.15) is 5.82 Å². The molecule has 0 bridgehead atoms. The quantitative estimate of drug-likeness (QED) is 0.603. The molecule has 3 rings (SSSR count). The number of aromatic nitrogens is 2. The van der Waals surface area contributed by atoms with Crippen molar-refractivity contribution >= 4 is 38.4 Å². The fourth-order valence-corrected chi connectivity index (χ4v) is 3.26. The van der Waals surface area contributed by atoms with Gasteiger partial charge in [0.2, 0.25) is 5.91 Å². The zero-order valence-electron chi connectivity index (χ0n) is 15.3. The van der Waals surface area contributed by atoms with E-state index in [1.807, 2.05) is 24.3 Å². The highest BCUT2D eigenvalue weighted by Crippen LogP contribution is 2.20. The van der Waals surface area contributed by atoms with Crippen molar-refractivity contribution in [3.05, 3.63) is 59.4 Å². The lowest BCUT2D eigenvalue weighted by atomic mass is 10.3. The third-order valence-corrected chi connectivity index (χ3v) is 5.21. The van der Waals surface area contributed by atoms with Gasteiger partial charge in [-0.15, -0.1) is 0 Å². The second-order valence-electron chi connectivity index (χ2n) is 6.33. The largest absolute Gasteiger partial charge is 0.486 e. The van der Waals surface area contributed by atoms with E-state index in [2.05, 4.69) is 10.3 Å². The third kappa shape index (κ3) is 5.46. The second kappa shape index (κ2) is 8.62. The van der Waals surface area contributed by atoms with Gasteiger partial charge >= 0.3 is 0 Å². The topological polar surface area (TPSA) is 90.3 Å². The molecule has 1 aromatic heterocycles. The second-order valence-corrected chi connectivity index (χ2v) is 9.02. The van der Waals surface area contributed by atoms with Gasteiger partial charge in [0.05, 0.1) is 16.8 Å². The SMILES string of the molecule is CS(=O)(=O)CCNC(=O)Cn1c(COc2ccc(Cl)cc2)nc2ccccc21. The van der Waals surface area contributed by atoms with Crippen molar-refractivity contribution in [3.63, 3.8) is 0 Å². The minimum Gasteiger partial charge on any atom is -0.486 e. The molecule has 28 heavy (non-hydrogen) atoms. The van der Waals surface area contributed by atoms with E-state index >= 15 is 0 Å². The predicted molar refractivity (Wildman–Crippen MR) is 108 cm³/mol. The van der Waals surface area contributed by atoms with E-state index in [4.69, 9.17) is 16.3 Å². The zero-order chi connectivity index (χ0) is 20.1. The fourth-order valence-electron chi connectivity index (χ4n) is 2.67. The number of nitrogens with one attached hydrogen (secondary N) is 1. The maximum atomic E-state index is 12.3. The van der Waals surface area contributed by atoms with Gasteiger partial charge in [-0.05, 0) is 36.4 Å². The molecule has 0 saturated carbocycles. The molecule has 0 unspecified atom stereocenters. The molecule has 1 heterocycles. The highest BCUT2D eigenvalue weighted by molar-refractivity contribution is 7.90. The summed E-state index contributed by atoms with van der Waals surface area (Å²) in [5, 5.41) is 3.24. The Morgan fingerprint density at radius 2 is 1.89 bits per heavy atom. The number of amides is 1. The Labute approximate surface area is 168 Å². The molecular weight excluding hydrogens is 402 g/mol. The van der Waals surface area contributed by atoms with Gasteiger partial charge in [-0.25, -0.2) is 13.4 Å². The number of fused-ring (bicyclic) bond motifs is 1. The van der Waals surface area contributed by atoms with Gasteiger partial charge in [-0.2, -0.15) is 0 Å². The van der Waals surface area contributed by atoms with E-state index in [1.54, 1.807) is 28.8 Å². The summed E-state index contributed by atoms with van der Waals surface area (Å²) in [7, 11) is -3.13. The lowest BCUT2D eigenvalue weighted by molar-refractivity contribution is -0.121. The number of ether oxygens (including phenoxy) is 1. The molecule has 0 fully saturated rings. The van der Waals surface area contributed by atoms with Crippen LogP contribution in [0.4, 0.5) is 0 Å². The Hall–Kier alpha value is -2.58. The van der Waals surface area contributed by atoms with Crippen molar-refractivity contribution in [1.29, 1.82) is 0 Å². The Morgan fingerprint density at radius 1 is 1.18 bits per heavy atom. The molecule has 0 radical (unpaired) electrons. The van der Waals surface area contributed by atoms with Crippen LogP contribution in [0.25, 0.3) is 11.0 Å². The number of sulfone groups is 1. The molecule has 2 aromatic carbocycles. The van der Waals surface area contributed by atoms with Crippen LogP contribution in [0.5, 0.6) is 5.75 Å². The average Bonchev–Trinajstić information content (AvgIpc) is 2.98. The summed E-state index contributed by atoms with van der Waals surface area (Å²) in [5.41, 5.74) is 1.55. The van der Waals surface area contributed by atoms with E-state index in [9.17, 15) is 13.2 Å². The highest BCUT2D eigenvalue weighted by atomic mass is 35.5. The Bertz CT molecular complexity index is 1080. The number of hydrogen-bond donors (Lipinski definition) is 1. The van der Waals surface area contributed by atoms with Crippen molar-refractivity contribution in [3.8, 4) is 5.75 Å². The van der Waals surface area contributed by atoms with Gasteiger partial charge in [0.1, 0.15) is 34.6 Å². The van der Waals surface area contributed by atoms with Crippen LogP contribution in [-0.4, -0.2) is 42.4 Å². The summed E-state index contributed by atoms with van der Waals surface area (Å²) in [6, 6.07) is 14.4. The first-order chi connectivity index (χ1) is 13.3. The molecule has 0 aliphatic heterocycles. The lowest BCUT2D eigenvalue weighted by Gasteiger charge is -2.11. The molecule has 1 amide bonds. The smallest absolute Gasteiger partial charge is 0.240 e. The zero-order valence-corrected chi connectivity index (χ0v) is 16.8. The Morgan fingerprint density at radius 3 is 2.61 bits per heavy atom. The van der Waals surface area contributed by atoms with Crippen LogP contribution in [0.3, 0.4) is 0 Å². The standard InChI is InChI=1S/C19H20ClN3O4S/c1-28(25,26)11-10-21-19(24)12-23-17-5-3-2-4-16(17)22-18(23)13-27-15-8-6-14(20)7-9-15/h2-9H,10-13H2,1H3,(H,21,24). The third-order valence-electron chi connectivity index (χ3n) is 4.01. The van der Waals surface area contributed by atoms with E-state index in [0.29, 0.717) is 16.6 Å². The van der Waals surface area contributed by atoms with E-state index in [1.165, 1.54) is 0 Å². The van der Waals surface area contributed by atoms with Gasteiger partial charge in [0, 0.05) is 17.8 Å². The number of hydrogen-bond acceptors (Lipinski definition) is 5. The first-order valence-corrected chi connectivity index (χ1v) is 11.0. The van der Waals surface area contributed by atoms with E-state index in [0.717, 1.165) is 17.3 Å². The molecule has 0 saturated heterocycles. The number of carbonyl (C=O) groups excluding carboxylic acids is 1. The molecule has 148 valence electrons. The molecule has 0 aliphatic carbocycles. The first kappa shape index (κ1) is 20.2. The Balaban J connectivity index is 1.75. The van der Waals surface area contributed by atoms with Crippen molar-refractivity contribution in [2.45, 2.75) is 13.2 Å². The number of benzene rings is 2. The van der Waals surface area contributed by atoms with Gasteiger partial charge in [-0.3, -0.25) is 4.79 Å². The van der Waals surface area contributed by atoms with Crippen molar-refractivity contribution < 1.29 is 17.9 Å². The number of para-hydroxylation sites is 2. The van der Waals surface area contributed by atoms with E-state index < -0.39 is 9.84 Å². The molecular formula is C19H20ClN3O4S. The van der Waals surface area contributed by atoms with Gasteiger partial charge < -0.3 is 14.6 Å². The Kier molecular flexibility index (Phi) is 6.21. The van der Waals surface area contributed by atoms with Crippen LogP contribution >= 0.6 is 11.6 Å². The van der Waals surface area contributed by atoms with Crippen molar-refractivity contribution in [1.82, 2.24) is 14.9 Å². The number of halogens is 1. The normalized spacial score (nSPS) is 11.5. The molecule has 7 nitrogen and oxygen atoms in total. The predicted octanol–water partition coefficient (Wildman–Crippen LogP) is 2.43. The summed E-state index contributed by atoms with van der Waals surface area (Å²) >= 11 is 5.88. The maximum absolute atomic E-state index is 12.3. The number of imidazole rings is 1. The first-order valence-electron chi connectivity index (χ1n) is 8.59. The van der Waals surface area contributed by atoms with Crippen LogP contribution in [-0.2, 0) is 27.8 Å². The number of rotatable bonds is 8. The van der Waals surface area contributed by atoms with Crippen LogP contribution in [0.15, 0.2) is 48.5 Å². The maximum Gasteiger partial charge on any atom is 0.240 e. The van der Waals surface area contributed by atoms with Gasteiger partial charge in [0.25, 0.3) is 0 Å². The van der Waals surface area contributed by atoms with Crippen molar-refractivity contribution in [2.24, 2.45) is 0 Å². The van der Waals surface area contributed by atoms with Crippen LogP contribution < -0.4 is 10.1 Å². The van der Waals surface area contributed by atoms with Crippen LogP contribution in [0.2, 0.25) is 5.02 Å². The van der Waals surface area contributed by atoms with Gasteiger partial charge in [0.15, 0.2) is 0 Å². The summed E-state index contributed by atoms with van der Waals surface area (Å²) < 4.78 is 30.0. The lowest BCUT2D eigenvalue weighted by Crippen LogP contribution is -2.32. The summed E-state index contributed by atoms with van der Waals surface area (Å²) in [6.07, 6.45) is 1.13. The van der Waals surface area contributed by atoms with Gasteiger partial charge in [-0.1, -0.05) is 23.7 Å². The molecule has 3 aromatic rings. The van der Waals surface area contributed by atoms with Crippen molar-refractivity contribution in [2.75, 3.05) is 18.6 Å². The number of carbonyl (C=O) groups is 1. The minimum atomic E-state index is -3.13. The van der Waals surface area contributed by atoms with Crippen LogP contribution in [0, 0.1) is 0 Å². The van der Waals surface area contributed by atoms with E-state index in [-0.39, 0.29) is 31.4 Å². The summed E-state index contributed by atoms with van der Waals surface area (Å²) in [4.78, 5) is 16.8.